The fourth-order valence-corrected chi connectivity index (χ4v) is 4.59. The zero-order chi connectivity index (χ0) is 16.4. The molecular weight excluding hydrogens is 319 g/mol. The number of hydrogen-bond acceptors (Lipinski definition) is 3. The standard InChI is InChI=1S/C16H17FN2O3S/c17-14-9-13(3-4-15(14)19-6-1-2-7-19)16(20)18-10-12-5-8-23(21,22)11-12/h1-4,6-7,9,12H,5,8,10-11H2,(H,18,20)/t12-/m1/s1. The van der Waals surface area contributed by atoms with E-state index in [0.717, 1.165) is 0 Å². The SMILES string of the molecule is O=C(NC[C@H]1CCS(=O)(=O)C1)c1ccc(-n2cccc2)c(F)c1. The summed E-state index contributed by atoms with van der Waals surface area (Å²) in [5.74, 6) is -0.667. The molecule has 1 atom stereocenters. The third kappa shape index (κ3) is 3.61. The second-order valence-electron chi connectivity index (χ2n) is 5.74. The van der Waals surface area contributed by atoms with Crippen LogP contribution in [0.4, 0.5) is 4.39 Å². The average molecular weight is 336 g/mol. The zero-order valence-electron chi connectivity index (χ0n) is 12.4. The maximum atomic E-state index is 14.1. The smallest absolute Gasteiger partial charge is 0.251 e. The van der Waals surface area contributed by atoms with Crippen LogP contribution in [0.1, 0.15) is 16.8 Å². The molecule has 0 spiro atoms. The van der Waals surface area contributed by atoms with Gasteiger partial charge in [-0.25, -0.2) is 12.8 Å². The topological polar surface area (TPSA) is 68.2 Å². The molecule has 2 aromatic rings. The van der Waals surface area contributed by atoms with Crippen molar-refractivity contribution >= 4 is 15.7 Å². The molecule has 1 aliphatic heterocycles. The van der Waals surface area contributed by atoms with Gasteiger partial charge in [-0.05, 0) is 42.7 Å². The Kier molecular flexibility index (Phi) is 4.21. The second kappa shape index (κ2) is 6.16. The van der Waals surface area contributed by atoms with Gasteiger partial charge in [0, 0.05) is 24.5 Å². The van der Waals surface area contributed by atoms with Crippen LogP contribution in [0.2, 0.25) is 0 Å². The van der Waals surface area contributed by atoms with E-state index in [1.165, 1.54) is 6.07 Å². The first-order chi connectivity index (χ1) is 10.9. The molecule has 1 aliphatic rings. The zero-order valence-corrected chi connectivity index (χ0v) is 13.2. The Morgan fingerprint density at radius 1 is 1.30 bits per heavy atom. The van der Waals surface area contributed by atoms with E-state index in [0.29, 0.717) is 18.7 Å². The van der Waals surface area contributed by atoms with Crippen molar-refractivity contribution in [2.45, 2.75) is 6.42 Å². The lowest BCUT2D eigenvalue weighted by Crippen LogP contribution is -2.29. The lowest BCUT2D eigenvalue weighted by atomic mass is 10.1. The van der Waals surface area contributed by atoms with Gasteiger partial charge in [-0.15, -0.1) is 0 Å². The molecule has 23 heavy (non-hydrogen) atoms. The monoisotopic (exact) mass is 336 g/mol. The molecule has 2 heterocycles. The minimum Gasteiger partial charge on any atom is -0.352 e. The van der Waals surface area contributed by atoms with Crippen LogP contribution in [0.5, 0.6) is 0 Å². The van der Waals surface area contributed by atoms with Gasteiger partial charge in [-0.1, -0.05) is 0 Å². The highest BCUT2D eigenvalue weighted by Gasteiger charge is 2.28. The third-order valence-electron chi connectivity index (χ3n) is 3.97. The Morgan fingerprint density at radius 3 is 2.65 bits per heavy atom. The highest BCUT2D eigenvalue weighted by Crippen LogP contribution is 2.18. The lowest BCUT2D eigenvalue weighted by molar-refractivity contribution is 0.0948. The molecule has 1 saturated heterocycles. The molecule has 3 rings (SSSR count). The summed E-state index contributed by atoms with van der Waals surface area (Å²) in [6.45, 7) is 0.291. The van der Waals surface area contributed by atoms with E-state index in [2.05, 4.69) is 5.32 Å². The van der Waals surface area contributed by atoms with Gasteiger partial charge in [0.15, 0.2) is 9.84 Å². The van der Waals surface area contributed by atoms with E-state index in [9.17, 15) is 17.6 Å². The number of nitrogens with one attached hydrogen (secondary N) is 1. The molecule has 1 aromatic heterocycles. The number of rotatable bonds is 4. The number of carbonyl (C=O) groups is 1. The number of halogens is 1. The van der Waals surface area contributed by atoms with Gasteiger partial charge < -0.3 is 9.88 Å². The van der Waals surface area contributed by atoms with E-state index in [1.54, 1.807) is 41.2 Å². The Labute approximate surface area is 134 Å². The van der Waals surface area contributed by atoms with Gasteiger partial charge in [-0.3, -0.25) is 4.79 Å². The van der Waals surface area contributed by atoms with Crippen LogP contribution in [0.3, 0.4) is 0 Å². The van der Waals surface area contributed by atoms with Crippen molar-refractivity contribution in [3.63, 3.8) is 0 Å². The van der Waals surface area contributed by atoms with E-state index < -0.39 is 21.6 Å². The summed E-state index contributed by atoms with van der Waals surface area (Å²) < 4.78 is 38.5. The van der Waals surface area contributed by atoms with Crippen molar-refractivity contribution in [2.24, 2.45) is 5.92 Å². The number of carbonyl (C=O) groups excluding carboxylic acids is 1. The van der Waals surface area contributed by atoms with Crippen LogP contribution in [-0.2, 0) is 9.84 Å². The van der Waals surface area contributed by atoms with E-state index in [4.69, 9.17) is 0 Å². The van der Waals surface area contributed by atoms with Gasteiger partial charge in [0.2, 0.25) is 0 Å². The quantitative estimate of drug-likeness (QED) is 0.925. The molecule has 7 heteroatoms. The maximum Gasteiger partial charge on any atom is 0.251 e. The summed E-state index contributed by atoms with van der Waals surface area (Å²) in [5, 5.41) is 2.68. The maximum absolute atomic E-state index is 14.1. The molecule has 1 aromatic carbocycles. The van der Waals surface area contributed by atoms with Crippen LogP contribution in [0.25, 0.3) is 5.69 Å². The minimum absolute atomic E-state index is 0.0621. The van der Waals surface area contributed by atoms with E-state index in [-0.39, 0.29) is 23.0 Å². The summed E-state index contributed by atoms with van der Waals surface area (Å²) in [6.07, 6.45) is 4.00. The Morgan fingerprint density at radius 2 is 2.04 bits per heavy atom. The molecule has 1 fully saturated rings. The Hall–Kier alpha value is -2.15. The molecular formula is C16H17FN2O3S. The van der Waals surface area contributed by atoms with Gasteiger partial charge in [-0.2, -0.15) is 0 Å². The van der Waals surface area contributed by atoms with Crippen molar-refractivity contribution in [2.75, 3.05) is 18.1 Å². The Balaban J connectivity index is 1.65. The molecule has 1 N–H and O–H groups in total. The van der Waals surface area contributed by atoms with Crippen LogP contribution in [0, 0.1) is 11.7 Å². The Bertz CT molecular complexity index is 816. The van der Waals surface area contributed by atoms with Gasteiger partial charge in [0.1, 0.15) is 5.82 Å². The first-order valence-electron chi connectivity index (χ1n) is 7.36. The van der Waals surface area contributed by atoms with Crippen LogP contribution >= 0.6 is 0 Å². The largest absolute Gasteiger partial charge is 0.352 e. The molecule has 122 valence electrons. The van der Waals surface area contributed by atoms with E-state index >= 15 is 0 Å². The number of amides is 1. The van der Waals surface area contributed by atoms with Crippen molar-refractivity contribution in [3.8, 4) is 5.69 Å². The van der Waals surface area contributed by atoms with Crippen LogP contribution in [-0.4, -0.2) is 36.9 Å². The normalized spacial score (nSPS) is 19.6. The number of nitrogens with zero attached hydrogens (tertiary/aromatic N) is 1. The highest BCUT2D eigenvalue weighted by molar-refractivity contribution is 7.91. The predicted octanol–water partition coefficient (Wildman–Crippen LogP) is 1.78. The molecule has 0 bridgehead atoms. The molecule has 0 unspecified atom stereocenters. The van der Waals surface area contributed by atoms with E-state index in [1.807, 2.05) is 0 Å². The molecule has 1 amide bonds. The summed E-state index contributed by atoms with van der Waals surface area (Å²) in [4.78, 5) is 12.1. The molecule has 0 radical (unpaired) electrons. The fraction of sp³-hybridized carbons (Fsp3) is 0.312. The molecule has 5 nitrogen and oxygen atoms in total. The summed E-state index contributed by atoms with van der Waals surface area (Å²) in [6, 6.07) is 7.87. The third-order valence-corrected chi connectivity index (χ3v) is 5.81. The first-order valence-corrected chi connectivity index (χ1v) is 9.18. The number of hydrogen-bond donors (Lipinski definition) is 1. The second-order valence-corrected chi connectivity index (χ2v) is 7.96. The van der Waals surface area contributed by atoms with Crippen molar-refractivity contribution in [1.29, 1.82) is 0 Å². The van der Waals surface area contributed by atoms with Crippen molar-refractivity contribution in [1.82, 2.24) is 9.88 Å². The predicted molar refractivity (Wildman–Crippen MR) is 84.8 cm³/mol. The summed E-state index contributed by atoms with van der Waals surface area (Å²) >= 11 is 0. The number of sulfone groups is 1. The van der Waals surface area contributed by atoms with Gasteiger partial charge in [0.05, 0.1) is 17.2 Å². The van der Waals surface area contributed by atoms with Gasteiger partial charge >= 0.3 is 0 Å². The minimum atomic E-state index is -2.96. The summed E-state index contributed by atoms with van der Waals surface area (Å²) in [5.41, 5.74) is 0.590. The average Bonchev–Trinajstić information content (AvgIpc) is 3.14. The summed E-state index contributed by atoms with van der Waals surface area (Å²) in [7, 11) is -2.96. The van der Waals surface area contributed by atoms with Gasteiger partial charge in [0.25, 0.3) is 5.91 Å². The molecule has 0 saturated carbocycles. The number of aromatic nitrogens is 1. The van der Waals surface area contributed by atoms with Crippen molar-refractivity contribution in [3.05, 3.63) is 54.1 Å². The van der Waals surface area contributed by atoms with Crippen LogP contribution < -0.4 is 5.32 Å². The number of benzene rings is 1. The lowest BCUT2D eigenvalue weighted by Gasteiger charge is -2.11. The fourth-order valence-electron chi connectivity index (χ4n) is 2.72. The molecule has 0 aliphatic carbocycles. The first kappa shape index (κ1) is 15.7. The van der Waals surface area contributed by atoms with Crippen molar-refractivity contribution < 1.29 is 17.6 Å². The van der Waals surface area contributed by atoms with Crippen LogP contribution in [0.15, 0.2) is 42.7 Å². The highest BCUT2D eigenvalue weighted by atomic mass is 32.2.